The van der Waals surface area contributed by atoms with Gasteiger partial charge in [0, 0.05) is 52.0 Å². The van der Waals surface area contributed by atoms with Crippen LogP contribution in [0.4, 0.5) is 5.69 Å². The number of hydrogen-bond donors (Lipinski definition) is 2. The van der Waals surface area contributed by atoms with E-state index < -0.39 is 0 Å². The maximum absolute atomic E-state index is 4.26. The van der Waals surface area contributed by atoms with Gasteiger partial charge in [-0.1, -0.05) is 31.5 Å². The zero-order valence-electron chi connectivity index (χ0n) is 16.4. The van der Waals surface area contributed by atoms with Crippen LogP contribution in [-0.2, 0) is 0 Å². The molecule has 1 fully saturated rings. The van der Waals surface area contributed by atoms with E-state index in [4.69, 9.17) is 0 Å². The van der Waals surface area contributed by atoms with Crippen LogP contribution < -0.4 is 15.5 Å². The van der Waals surface area contributed by atoms with Gasteiger partial charge >= 0.3 is 0 Å². The van der Waals surface area contributed by atoms with E-state index in [9.17, 15) is 0 Å². The van der Waals surface area contributed by atoms with Gasteiger partial charge in [-0.15, -0.1) is 24.0 Å². The SMILES string of the molecule is CCCCNC(=NC)NCCCCN1CCN(c2ccccc2)CC1.I. The highest BCUT2D eigenvalue weighted by molar-refractivity contribution is 14.0. The first-order valence-corrected chi connectivity index (χ1v) is 9.80. The Morgan fingerprint density at radius 2 is 1.62 bits per heavy atom. The van der Waals surface area contributed by atoms with Gasteiger partial charge in [-0.3, -0.25) is 9.89 Å². The molecule has 0 aromatic heterocycles. The van der Waals surface area contributed by atoms with E-state index in [1.165, 1.54) is 51.0 Å². The van der Waals surface area contributed by atoms with E-state index in [-0.39, 0.29) is 24.0 Å². The highest BCUT2D eigenvalue weighted by atomic mass is 127. The molecule has 1 heterocycles. The summed E-state index contributed by atoms with van der Waals surface area (Å²) in [5, 5.41) is 6.76. The number of rotatable bonds is 9. The molecule has 0 amide bonds. The lowest BCUT2D eigenvalue weighted by Gasteiger charge is -2.36. The van der Waals surface area contributed by atoms with Gasteiger partial charge in [-0.05, 0) is 37.9 Å². The normalized spacial score (nSPS) is 15.5. The van der Waals surface area contributed by atoms with E-state index in [2.05, 4.69) is 62.7 Å². The van der Waals surface area contributed by atoms with Gasteiger partial charge in [0.25, 0.3) is 0 Å². The summed E-state index contributed by atoms with van der Waals surface area (Å²) >= 11 is 0. The highest BCUT2D eigenvalue weighted by Crippen LogP contribution is 2.15. The van der Waals surface area contributed by atoms with E-state index in [1.807, 2.05) is 7.05 Å². The van der Waals surface area contributed by atoms with Crippen molar-refractivity contribution in [2.24, 2.45) is 4.99 Å². The van der Waals surface area contributed by atoms with Crippen LogP contribution in [0.5, 0.6) is 0 Å². The summed E-state index contributed by atoms with van der Waals surface area (Å²) in [6.45, 7) is 10.0. The standard InChI is InChI=1S/C20H35N5.HI/c1-3-4-12-22-20(21-2)23-13-8-9-14-24-15-17-25(18-16-24)19-10-6-5-7-11-19;/h5-7,10-11H,3-4,8-9,12-18H2,1-2H3,(H2,21,22,23);1H. The van der Waals surface area contributed by atoms with Crippen LogP contribution in [0.2, 0.25) is 0 Å². The molecule has 1 aliphatic heterocycles. The monoisotopic (exact) mass is 473 g/mol. The number of halogens is 1. The minimum absolute atomic E-state index is 0. The highest BCUT2D eigenvalue weighted by Gasteiger charge is 2.16. The molecule has 148 valence electrons. The fraction of sp³-hybridized carbons (Fsp3) is 0.650. The first kappa shape index (κ1) is 23.0. The van der Waals surface area contributed by atoms with Gasteiger partial charge in [-0.2, -0.15) is 0 Å². The Kier molecular flexibility index (Phi) is 12.5. The summed E-state index contributed by atoms with van der Waals surface area (Å²) in [7, 11) is 1.84. The number of guanidine groups is 1. The molecule has 0 bridgehead atoms. The zero-order valence-corrected chi connectivity index (χ0v) is 18.7. The third-order valence-electron chi connectivity index (χ3n) is 4.73. The molecule has 6 heteroatoms. The lowest BCUT2D eigenvalue weighted by Crippen LogP contribution is -2.46. The summed E-state index contributed by atoms with van der Waals surface area (Å²) in [6, 6.07) is 10.8. The molecule has 1 aliphatic rings. The number of anilines is 1. The second kappa shape index (κ2) is 14.1. The largest absolute Gasteiger partial charge is 0.369 e. The number of unbranched alkanes of at least 4 members (excludes halogenated alkanes) is 2. The second-order valence-corrected chi connectivity index (χ2v) is 6.65. The average Bonchev–Trinajstić information content (AvgIpc) is 2.67. The van der Waals surface area contributed by atoms with Crippen molar-refractivity contribution in [3.8, 4) is 0 Å². The number of nitrogens with zero attached hydrogens (tertiary/aromatic N) is 3. The summed E-state index contributed by atoms with van der Waals surface area (Å²) in [6.07, 6.45) is 4.83. The Morgan fingerprint density at radius 3 is 2.23 bits per heavy atom. The fourth-order valence-corrected chi connectivity index (χ4v) is 3.14. The lowest BCUT2D eigenvalue weighted by atomic mass is 10.2. The van der Waals surface area contributed by atoms with Gasteiger partial charge in [0.2, 0.25) is 0 Å². The fourth-order valence-electron chi connectivity index (χ4n) is 3.14. The minimum Gasteiger partial charge on any atom is -0.369 e. The third kappa shape index (κ3) is 8.58. The van der Waals surface area contributed by atoms with Crippen LogP contribution in [0.15, 0.2) is 35.3 Å². The molecule has 2 N–H and O–H groups in total. The summed E-state index contributed by atoms with van der Waals surface area (Å²) in [4.78, 5) is 9.34. The zero-order chi connectivity index (χ0) is 17.7. The molecule has 5 nitrogen and oxygen atoms in total. The van der Waals surface area contributed by atoms with Crippen LogP contribution in [0.1, 0.15) is 32.6 Å². The van der Waals surface area contributed by atoms with Crippen LogP contribution in [-0.4, -0.2) is 63.7 Å². The molecule has 0 saturated carbocycles. The molecule has 1 aromatic rings. The first-order valence-electron chi connectivity index (χ1n) is 9.80. The maximum Gasteiger partial charge on any atom is 0.190 e. The maximum atomic E-state index is 4.26. The minimum atomic E-state index is 0. The van der Waals surface area contributed by atoms with Crippen LogP contribution in [0.3, 0.4) is 0 Å². The van der Waals surface area contributed by atoms with Crippen LogP contribution >= 0.6 is 24.0 Å². The van der Waals surface area contributed by atoms with Gasteiger partial charge in [-0.25, -0.2) is 0 Å². The molecule has 0 radical (unpaired) electrons. The molecule has 0 spiro atoms. The molecule has 1 saturated heterocycles. The van der Waals surface area contributed by atoms with Gasteiger partial charge < -0.3 is 15.5 Å². The van der Waals surface area contributed by atoms with Crippen molar-refractivity contribution in [3.05, 3.63) is 30.3 Å². The van der Waals surface area contributed by atoms with Gasteiger partial charge in [0.15, 0.2) is 5.96 Å². The number of para-hydroxylation sites is 1. The van der Waals surface area contributed by atoms with Crippen molar-refractivity contribution in [1.29, 1.82) is 0 Å². The molecule has 0 atom stereocenters. The lowest BCUT2D eigenvalue weighted by molar-refractivity contribution is 0.253. The van der Waals surface area contributed by atoms with E-state index in [1.54, 1.807) is 0 Å². The first-order chi connectivity index (χ1) is 12.3. The van der Waals surface area contributed by atoms with E-state index in [0.29, 0.717) is 0 Å². The number of hydrogen-bond acceptors (Lipinski definition) is 3. The Balaban J connectivity index is 0.00000338. The van der Waals surface area contributed by atoms with Gasteiger partial charge in [0.05, 0.1) is 0 Å². The Morgan fingerprint density at radius 1 is 0.962 bits per heavy atom. The number of aliphatic imine (C=N–C) groups is 1. The molecule has 0 aliphatic carbocycles. The summed E-state index contributed by atoms with van der Waals surface area (Å²) in [5.41, 5.74) is 1.35. The van der Waals surface area contributed by atoms with Crippen molar-refractivity contribution >= 4 is 35.6 Å². The molecule has 1 aromatic carbocycles. The Bertz CT molecular complexity index is 486. The van der Waals surface area contributed by atoms with Crippen molar-refractivity contribution in [3.63, 3.8) is 0 Å². The number of nitrogens with one attached hydrogen (secondary N) is 2. The van der Waals surface area contributed by atoms with Crippen molar-refractivity contribution in [2.75, 3.05) is 57.8 Å². The van der Waals surface area contributed by atoms with Crippen LogP contribution in [0.25, 0.3) is 0 Å². The molecule has 2 rings (SSSR count). The summed E-state index contributed by atoms with van der Waals surface area (Å²) in [5.74, 6) is 0.935. The molecule has 0 unspecified atom stereocenters. The second-order valence-electron chi connectivity index (χ2n) is 6.65. The quantitative estimate of drug-likeness (QED) is 0.250. The predicted octanol–water partition coefficient (Wildman–Crippen LogP) is 3.17. The topological polar surface area (TPSA) is 42.9 Å². The third-order valence-corrected chi connectivity index (χ3v) is 4.73. The Labute approximate surface area is 176 Å². The van der Waals surface area contributed by atoms with Gasteiger partial charge in [0.1, 0.15) is 0 Å². The average molecular weight is 473 g/mol. The van der Waals surface area contributed by atoms with Crippen molar-refractivity contribution in [2.45, 2.75) is 32.6 Å². The number of benzene rings is 1. The smallest absolute Gasteiger partial charge is 0.190 e. The molecule has 26 heavy (non-hydrogen) atoms. The summed E-state index contributed by atoms with van der Waals surface area (Å²) < 4.78 is 0. The Hall–Kier alpha value is -1.02. The van der Waals surface area contributed by atoms with E-state index in [0.717, 1.165) is 32.1 Å². The van der Waals surface area contributed by atoms with Crippen LogP contribution in [0, 0.1) is 0 Å². The van der Waals surface area contributed by atoms with Crippen molar-refractivity contribution < 1.29 is 0 Å². The molecular weight excluding hydrogens is 437 g/mol. The van der Waals surface area contributed by atoms with E-state index >= 15 is 0 Å². The molecular formula is C20H36IN5. The predicted molar refractivity (Wildman–Crippen MR) is 124 cm³/mol. The number of piperazine rings is 1. The van der Waals surface area contributed by atoms with Crippen molar-refractivity contribution in [1.82, 2.24) is 15.5 Å².